The van der Waals surface area contributed by atoms with Crippen LogP contribution >= 0.6 is 11.6 Å². The molecule has 0 saturated heterocycles. The zero-order valence-corrected chi connectivity index (χ0v) is 16.0. The van der Waals surface area contributed by atoms with E-state index in [1.54, 1.807) is 6.07 Å². The van der Waals surface area contributed by atoms with Crippen LogP contribution in [0.4, 0.5) is 0 Å². The van der Waals surface area contributed by atoms with Crippen LogP contribution in [-0.2, 0) is 21.2 Å². The van der Waals surface area contributed by atoms with Gasteiger partial charge < -0.3 is 10.2 Å². The van der Waals surface area contributed by atoms with Crippen molar-refractivity contribution >= 4 is 27.5 Å². The molecule has 0 radical (unpaired) electrons. The lowest BCUT2D eigenvalue weighted by atomic mass is 10.1. The zero-order valence-electron chi connectivity index (χ0n) is 14.5. The van der Waals surface area contributed by atoms with Crippen molar-refractivity contribution in [2.45, 2.75) is 12.8 Å². The van der Waals surface area contributed by atoms with E-state index in [9.17, 15) is 13.2 Å². The molecule has 0 atom stereocenters. The van der Waals surface area contributed by atoms with Crippen molar-refractivity contribution in [2.24, 2.45) is 0 Å². The van der Waals surface area contributed by atoms with Crippen molar-refractivity contribution in [3.8, 4) is 0 Å². The lowest BCUT2D eigenvalue weighted by molar-refractivity contribution is -0.121. The first-order valence-corrected chi connectivity index (χ1v) is 10.0. The van der Waals surface area contributed by atoms with Gasteiger partial charge in [-0.2, -0.15) is 0 Å². The highest BCUT2D eigenvalue weighted by Gasteiger charge is 2.17. The summed E-state index contributed by atoms with van der Waals surface area (Å²) in [4.78, 5) is 13.8. The topological polar surface area (TPSA) is 69.7 Å². The highest BCUT2D eigenvalue weighted by molar-refractivity contribution is 7.88. The molecule has 0 saturated carbocycles. The fraction of sp³-hybridized carbons (Fsp3) is 0.562. The lowest BCUT2D eigenvalue weighted by Crippen LogP contribution is -2.37. The molecule has 8 heteroatoms. The van der Waals surface area contributed by atoms with Crippen molar-refractivity contribution in [1.82, 2.24) is 14.5 Å². The molecule has 0 heterocycles. The average molecular weight is 376 g/mol. The first-order valence-electron chi connectivity index (χ1n) is 7.79. The van der Waals surface area contributed by atoms with Crippen LogP contribution in [0.5, 0.6) is 0 Å². The minimum absolute atomic E-state index is 0.145. The van der Waals surface area contributed by atoms with E-state index >= 15 is 0 Å². The molecule has 136 valence electrons. The number of nitrogens with zero attached hydrogens (tertiary/aromatic N) is 2. The minimum atomic E-state index is -3.36. The molecule has 1 aromatic carbocycles. The number of nitrogens with one attached hydrogen (secondary N) is 1. The van der Waals surface area contributed by atoms with Gasteiger partial charge in [-0.1, -0.05) is 23.7 Å². The lowest BCUT2D eigenvalue weighted by Gasteiger charge is -2.20. The predicted octanol–water partition coefficient (Wildman–Crippen LogP) is 1.21. The van der Waals surface area contributed by atoms with E-state index in [0.717, 1.165) is 18.4 Å². The third-order valence-electron chi connectivity index (χ3n) is 3.48. The second-order valence-electron chi connectivity index (χ2n) is 5.95. The number of likely N-dealkylation sites (N-methyl/N-ethyl adjacent to an activating group) is 1. The van der Waals surface area contributed by atoms with Crippen LogP contribution in [0.25, 0.3) is 0 Å². The fourth-order valence-corrected chi connectivity index (χ4v) is 3.18. The number of carbonyl (C=O) groups is 1. The maximum Gasteiger partial charge on any atom is 0.221 e. The third kappa shape index (κ3) is 8.63. The molecule has 0 aliphatic carbocycles. The maximum absolute atomic E-state index is 11.9. The molecule has 0 spiro atoms. The normalized spacial score (nSPS) is 11.9. The van der Waals surface area contributed by atoms with E-state index in [1.165, 1.54) is 4.31 Å². The molecule has 24 heavy (non-hydrogen) atoms. The van der Waals surface area contributed by atoms with E-state index in [-0.39, 0.29) is 18.9 Å². The maximum atomic E-state index is 11.9. The smallest absolute Gasteiger partial charge is 0.221 e. The molecule has 0 aliphatic heterocycles. The van der Waals surface area contributed by atoms with Gasteiger partial charge in [0, 0.05) is 37.6 Å². The number of halogens is 1. The Labute approximate surface area is 149 Å². The van der Waals surface area contributed by atoms with Gasteiger partial charge in [-0.25, -0.2) is 12.7 Å². The second kappa shape index (κ2) is 9.98. The van der Waals surface area contributed by atoms with Crippen LogP contribution in [0.1, 0.15) is 12.0 Å². The van der Waals surface area contributed by atoms with Gasteiger partial charge in [0.05, 0.1) is 6.26 Å². The van der Waals surface area contributed by atoms with Crippen molar-refractivity contribution in [1.29, 1.82) is 0 Å². The summed E-state index contributed by atoms with van der Waals surface area (Å²) in [5.74, 6) is -0.145. The molecular formula is C16H26ClN3O3S. The molecule has 0 bridgehead atoms. The van der Waals surface area contributed by atoms with Crippen LogP contribution in [0.3, 0.4) is 0 Å². The van der Waals surface area contributed by atoms with Crippen LogP contribution in [0.15, 0.2) is 24.3 Å². The number of hydrogen-bond acceptors (Lipinski definition) is 4. The van der Waals surface area contributed by atoms with Gasteiger partial charge in [-0.15, -0.1) is 0 Å². The zero-order chi connectivity index (χ0) is 18.2. The highest BCUT2D eigenvalue weighted by Crippen LogP contribution is 2.12. The predicted molar refractivity (Wildman–Crippen MR) is 97.8 cm³/mol. The Hall–Kier alpha value is -1.15. The van der Waals surface area contributed by atoms with E-state index in [2.05, 4.69) is 5.32 Å². The van der Waals surface area contributed by atoms with Gasteiger partial charge in [-0.05, 0) is 38.2 Å². The van der Waals surface area contributed by atoms with E-state index in [1.807, 2.05) is 37.2 Å². The Morgan fingerprint density at radius 1 is 1.21 bits per heavy atom. The minimum Gasteiger partial charge on any atom is -0.355 e. The van der Waals surface area contributed by atoms with E-state index < -0.39 is 10.0 Å². The molecule has 1 rings (SSSR count). The van der Waals surface area contributed by atoms with Gasteiger partial charge in [-0.3, -0.25) is 4.79 Å². The fourth-order valence-electron chi connectivity index (χ4n) is 2.12. The number of benzene rings is 1. The molecule has 1 amide bonds. The highest BCUT2D eigenvalue weighted by atomic mass is 35.5. The Morgan fingerprint density at radius 2 is 1.92 bits per heavy atom. The molecule has 0 aliphatic rings. The van der Waals surface area contributed by atoms with E-state index in [0.29, 0.717) is 24.5 Å². The van der Waals surface area contributed by atoms with Gasteiger partial charge in [0.15, 0.2) is 0 Å². The average Bonchev–Trinajstić information content (AvgIpc) is 2.45. The van der Waals surface area contributed by atoms with Gasteiger partial charge in [0.2, 0.25) is 15.9 Å². The summed E-state index contributed by atoms with van der Waals surface area (Å²) in [7, 11) is 0.485. The van der Waals surface area contributed by atoms with E-state index in [4.69, 9.17) is 11.6 Å². The number of amides is 1. The number of rotatable bonds is 10. The van der Waals surface area contributed by atoms with Gasteiger partial charge in [0.25, 0.3) is 0 Å². The first kappa shape index (κ1) is 20.9. The van der Waals surface area contributed by atoms with Crippen LogP contribution in [0.2, 0.25) is 5.02 Å². The summed E-state index contributed by atoms with van der Waals surface area (Å²) in [6, 6.07) is 7.33. The quantitative estimate of drug-likeness (QED) is 0.667. The Morgan fingerprint density at radius 3 is 2.50 bits per heavy atom. The summed E-state index contributed by atoms with van der Waals surface area (Å²) >= 11 is 5.94. The summed E-state index contributed by atoms with van der Waals surface area (Å²) in [5, 5.41) is 3.41. The molecule has 1 N–H and O–H groups in total. The second-order valence-corrected chi connectivity index (χ2v) is 8.36. The van der Waals surface area contributed by atoms with Crippen molar-refractivity contribution in [2.75, 3.05) is 46.5 Å². The van der Waals surface area contributed by atoms with Crippen molar-refractivity contribution in [3.05, 3.63) is 34.9 Å². The molecule has 0 aromatic heterocycles. The summed E-state index contributed by atoms with van der Waals surface area (Å²) in [6.07, 6.45) is 1.86. The number of sulfonamides is 1. The molecule has 6 nitrogen and oxygen atoms in total. The number of hydrogen-bond donors (Lipinski definition) is 1. The summed E-state index contributed by atoms with van der Waals surface area (Å²) in [6.45, 7) is 1.79. The SMILES string of the molecule is CN(C)CCNC(=O)CCN(CCc1cccc(Cl)c1)S(C)(=O)=O. The Kier molecular flexibility index (Phi) is 8.69. The molecule has 0 fully saturated rings. The van der Waals surface area contributed by atoms with Crippen LogP contribution in [0, 0.1) is 0 Å². The monoisotopic (exact) mass is 375 g/mol. The van der Waals surface area contributed by atoms with Crippen LogP contribution in [-0.4, -0.2) is 70.1 Å². The number of carbonyl (C=O) groups excluding carboxylic acids is 1. The first-order chi connectivity index (χ1) is 11.2. The molecule has 1 aromatic rings. The van der Waals surface area contributed by atoms with Crippen LogP contribution < -0.4 is 5.32 Å². The molecular weight excluding hydrogens is 350 g/mol. The third-order valence-corrected chi connectivity index (χ3v) is 5.02. The van der Waals surface area contributed by atoms with Gasteiger partial charge >= 0.3 is 0 Å². The standard InChI is InChI=1S/C16H26ClN3O3S/c1-19(2)12-9-18-16(21)8-11-20(24(3,22)23)10-7-14-5-4-6-15(17)13-14/h4-6,13H,7-12H2,1-3H3,(H,18,21). The van der Waals surface area contributed by atoms with Crippen molar-refractivity contribution < 1.29 is 13.2 Å². The van der Waals surface area contributed by atoms with Gasteiger partial charge in [0.1, 0.15) is 0 Å². The largest absolute Gasteiger partial charge is 0.355 e. The Bertz CT molecular complexity index is 635. The summed E-state index contributed by atoms with van der Waals surface area (Å²) < 4.78 is 25.1. The Balaban J connectivity index is 2.50. The molecule has 0 unspecified atom stereocenters. The van der Waals surface area contributed by atoms with Crippen molar-refractivity contribution in [3.63, 3.8) is 0 Å². The summed E-state index contributed by atoms with van der Waals surface area (Å²) in [5.41, 5.74) is 0.964.